The summed E-state index contributed by atoms with van der Waals surface area (Å²) in [4.78, 5) is 12.1. The number of aryl methyl sites for hydroxylation is 3. The van der Waals surface area contributed by atoms with Crippen LogP contribution in [0, 0.1) is 13.8 Å². The van der Waals surface area contributed by atoms with E-state index in [0.29, 0.717) is 28.6 Å². The van der Waals surface area contributed by atoms with Crippen LogP contribution in [0.15, 0.2) is 36.4 Å². The molecule has 0 aromatic heterocycles. The second-order valence-electron chi connectivity index (χ2n) is 5.12. The summed E-state index contributed by atoms with van der Waals surface area (Å²) < 4.78 is 0. The molecule has 0 aliphatic heterocycles. The van der Waals surface area contributed by atoms with Crippen LogP contribution in [0.4, 0.5) is 5.69 Å². The van der Waals surface area contributed by atoms with Crippen molar-refractivity contribution in [3.05, 3.63) is 63.1 Å². The first-order chi connectivity index (χ1) is 9.95. The fourth-order valence-electron chi connectivity index (χ4n) is 2.23. The summed E-state index contributed by atoms with van der Waals surface area (Å²) in [5.41, 5.74) is 3.79. The molecule has 2 aromatic rings. The van der Waals surface area contributed by atoms with Crippen LogP contribution in [0.3, 0.4) is 0 Å². The first-order valence-electron chi connectivity index (χ1n) is 6.77. The molecule has 0 bridgehead atoms. The SMILES string of the molecule is Cc1cc(C)c(NC(=O)CCc2cccc(Cl)c2)c(Cl)c1. The highest BCUT2D eigenvalue weighted by Gasteiger charge is 2.09. The predicted molar refractivity (Wildman–Crippen MR) is 89.3 cm³/mol. The molecule has 0 unspecified atom stereocenters. The molecule has 4 heteroatoms. The van der Waals surface area contributed by atoms with Gasteiger partial charge in [-0.2, -0.15) is 0 Å². The average molecular weight is 322 g/mol. The minimum Gasteiger partial charge on any atom is -0.325 e. The maximum absolute atomic E-state index is 12.1. The van der Waals surface area contributed by atoms with Gasteiger partial charge < -0.3 is 5.32 Å². The number of benzene rings is 2. The van der Waals surface area contributed by atoms with Gasteiger partial charge in [-0.1, -0.05) is 41.4 Å². The summed E-state index contributed by atoms with van der Waals surface area (Å²) >= 11 is 12.1. The normalized spacial score (nSPS) is 10.5. The van der Waals surface area contributed by atoms with E-state index in [1.807, 2.05) is 50.2 Å². The molecule has 2 aromatic carbocycles. The molecule has 1 amide bonds. The number of amides is 1. The van der Waals surface area contributed by atoms with Crippen molar-refractivity contribution in [3.63, 3.8) is 0 Å². The number of hydrogen-bond acceptors (Lipinski definition) is 1. The van der Waals surface area contributed by atoms with Crippen LogP contribution in [0.25, 0.3) is 0 Å². The Kier molecular flexibility index (Phi) is 5.27. The first-order valence-corrected chi connectivity index (χ1v) is 7.52. The zero-order valence-electron chi connectivity index (χ0n) is 12.0. The number of carbonyl (C=O) groups is 1. The van der Waals surface area contributed by atoms with Gasteiger partial charge in [-0.15, -0.1) is 0 Å². The topological polar surface area (TPSA) is 29.1 Å². The maximum atomic E-state index is 12.1. The monoisotopic (exact) mass is 321 g/mol. The highest BCUT2D eigenvalue weighted by molar-refractivity contribution is 6.34. The third-order valence-electron chi connectivity index (χ3n) is 3.23. The minimum atomic E-state index is -0.0520. The predicted octanol–water partition coefficient (Wildman–Crippen LogP) is 5.18. The Morgan fingerprint density at radius 3 is 2.57 bits per heavy atom. The maximum Gasteiger partial charge on any atom is 0.224 e. The molecular weight excluding hydrogens is 305 g/mol. The van der Waals surface area contributed by atoms with Gasteiger partial charge in [-0.3, -0.25) is 4.79 Å². The molecule has 2 rings (SSSR count). The van der Waals surface area contributed by atoms with E-state index in [1.165, 1.54) is 0 Å². The van der Waals surface area contributed by atoms with Gasteiger partial charge in [-0.05, 0) is 55.2 Å². The first kappa shape index (κ1) is 15.9. The van der Waals surface area contributed by atoms with Crippen molar-refractivity contribution >= 4 is 34.8 Å². The van der Waals surface area contributed by atoms with Gasteiger partial charge in [0.2, 0.25) is 5.91 Å². The molecule has 21 heavy (non-hydrogen) atoms. The summed E-state index contributed by atoms with van der Waals surface area (Å²) in [6.45, 7) is 3.91. The van der Waals surface area contributed by atoms with Crippen molar-refractivity contribution in [3.8, 4) is 0 Å². The number of rotatable bonds is 4. The third-order valence-corrected chi connectivity index (χ3v) is 3.76. The van der Waals surface area contributed by atoms with Crippen molar-refractivity contribution in [1.29, 1.82) is 0 Å². The number of anilines is 1. The Labute approximate surface area is 135 Å². The third kappa shape index (κ3) is 4.48. The Bertz CT molecular complexity index is 645. The molecule has 0 radical (unpaired) electrons. The lowest BCUT2D eigenvalue weighted by molar-refractivity contribution is -0.116. The van der Waals surface area contributed by atoms with E-state index in [2.05, 4.69) is 5.32 Å². The van der Waals surface area contributed by atoms with Crippen LogP contribution in [-0.2, 0) is 11.2 Å². The van der Waals surface area contributed by atoms with E-state index in [1.54, 1.807) is 0 Å². The lowest BCUT2D eigenvalue weighted by Crippen LogP contribution is -2.13. The second-order valence-corrected chi connectivity index (χ2v) is 5.96. The lowest BCUT2D eigenvalue weighted by Gasteiger charge is -2.11. The minimum absolute atomic E-state index is 0.0520. The average Bonchev–Trinajstić information content (AvgIpc) is 2.40. The second kappa shape index (κ2) is 6.97. The summed E-state index contributed by atoms with van der Waals surface area (Å²) in [5.74, 6) is -0.0520. The highest BCUT2D eigenvalue weighted by Crippen LogP contribution is 2.27. The van der Waals surface area contributed by atoms with Crippen LogP contribution in [-0.4, -0.2) is 5.91 Å². The van der Waals surface area contributed by atoms with E-state index in [9.17, 15) is 4.79 Å². The fourth-order valence-corrected chi connectivity index (χ4v) is 2.81. The van der Waals surface area contributed by atoms with Crippen LogP contribution < -0.4 is 5.32 Å². The molecule has 0 saturated carbocycles. The van der Waals surface area contributed by atoms with Gasteiger partial charge in [-0.25, -0.2) is 0 Å². The molecule has 0 heterocycles. The quantitative estimate of drug-likeness (QED) is 0.825. The number of hydrogen-bond donors (Lipinski definition) is 1. The largest absolute Gasteiger partial charge is 0.325 e. The molecule has 1 N–H and O–H groups in total. The van der Waals surface area contributed by atoms with Gasteiger partial charge in [0.05, 0.1) is 10.7 Å². The Hall–Kier alpha value is -1.51. The molecule has 0 aliphatic rings. The Balaban J connectivity index is 1.99. The lowest BCUT2D eigenvalue weighted by atomic mass is 10.1. The molecular formula is C17H17Cl2NO. The molecule has 0 spiro atoms. The zero-order chi connectivity index (χ0) is 15.4. The van der Waals surface area contributed by atoms with Gasteiger partial charge in [0.15, 0.2) is 0 Å². The zero-order valence-corrected chi connectivity index (χ0v) is 13.6. The fraction of sp³-hybridized carbons (Fsp3) is 0.235. The standard InChI is InChI=1S/C17H17Cl2NO/c1-11-8-12(2)17(15(19)9-11)20-16(21)7-6-13-4-3-5-14(18)10-13/h3-5,8-10H,6-7H2,1-2H3,(H,20,21). The van der Waals surface area contributed by atoms with Crippen LogP contribution in [0.1, 0.15) is 23.1 Å². The van der Waals surface area contributed by atoms with Crippen molar-refractivity contribution in [2.75, 3.05) is 5.32 Å². The van der Waals surface area contributed by atoms with Gasteiger partial charge in [0.25, 0.3) is 0 Å². The Morgan fingerprint density at radius 2 is 1.90 bits per heavy atom. The molecule has 0 aliphatic carbocycles. The summed E-state index contributed by atoms with van der Waals surface area (Å²) in [5, 5.41) is 4.14. The van der Waals surface area contributed by atoms with E-state index in [4.69, 9.17) is 23.2 Å². The van der Waals surface area contributed by atoms with Crippen LogP contribution >= 0.6 is 23.2 Å². The number of halogens is 2. The van der Waals surface area contributed by atoms with E-state index in [-0.39, 0.29) is 5.91 Å². The summed E-state index contributed by atoms with van der Waals surface area (Å²) in [6.07, 6.45) is 1.04. The Morgan fingerprint density at radius 1 is 1.14 bits per heavy atom. The van der Waals surface area contributed by atoms with Crippen molar-refractivity contribution in [1.82, 2.24) is 0 Å². The molecule has 0 fully saturated rings. The van der Waals surface area contributed by atoms with Crippen molar-refractivity contribution in [2.45, 2.75) is 26.7 Å². The van der Waals surface area contributed by atoms with E-state index < -0.39 is 0 Å². The van der Waals surface area contributed by atoms with Crippen molar-refractivity contribution in [2.24, 2.45) is 0 Å². The van der Waals surface area contributed by atoms with Gasteiger partial charge >= 0.3 is 0 Å². The van der Waals surface area contributed by atoms with E-state index in [0.717, 1.165) is 16.7 Å². The van der Waals surface area contributed by atoms with E-state index >= 15 is 0 Å². The van der Waals surface area contributed by atoms with Gasteiger partial charge in [0, 0.05) is 11.4 Å². The summed E-state index contributed by atoms with van der Waals surface area (Å²) in [6, 6.07) is 11.4. The molecule has 0 saturated heterocycles. The smallest absolute Gasteiger partial charge is 0.224 e. The molecule has 0 atom stereocenters. The summed E-state index contributed by atoms with van der Waals surface area (Å²) in [7, 11) is 0. The molecule has 2 nitrogen and oxygen atoms in total. The van der Waals surface area contributed by atoms with Gasteiger partial charge in [0.1, 0.15) is 0 Å². The molecule has 110 valence electrons. The number of nitrogens with one attached hydrogen (secondary N) is 1. The number of carbonyl (C=O) groups excluding carboxylic acids is 1. The van der Waals surface area contributed by atoms with Crippen LogP contribution in [0.2, 0.25) is 10.0 Å². The van der Waals surface area contributed by atoms with Crippen LogP contribution in [0.5, 0.6) is 0 Å². The highest BCUT2D eigenvalue weighted by atomic mass is 35.5. The van der Waals surface area contributed by atoms with Crippen molar-refractivity contribution < 1.29 is 4.79 Å².